The van der Waals surface area contributed by atoms with Crippen LogP contribution in [0.15, 0.2) is 22.6 Å². The summed E-state index contributed by atoms with van der Waals surface area (Å²) in [5.41, 5.74) is 1.29. The highest BCUT2D eigenvalue weighted by molar-refractivity contribution is 5.72. The maximum absolute atomic E-state index is 13.0. The second-order valence-electron chi connectivity index (χ2n) is 4.19. The van der Waals surface area contributed by atoms with Crippen molar-refractivity contribution in [1.82, 2.24) is 10.3 Å². The van der Waals surface area contributed by atoms with Crippen molar-refractivity contribution in [3.63, 3.8) is 0 Å². The SMILES string of the molecule is Fc1ccc2nc(C3CCNCC3)oc2c1. The van der Waals surface area contributed by atoms with E-state index in [9.17, 15) is 4.39 Å². The lowest BCUT2D eigenvalue weighted by Gasteiger charge is -2.19. The van der Waals surface area contributed by atoms with Crippen LogP contribution in [0.2, 0.25) is 0 Å². The molecule has 0 aliphatic carbocycles. The molecule has 3 rings (SSSR count). The molecular weight excluding hydrogens is 207 g/mol. The molecule has 0 unspecified atom stereocenters. The minimum Gasteiger partial charge on any atom is -0.440 e. The van der Waals surface area contributed by atoms with E-state index < -0.39 is 0 Å². The molecule has 1 N–H and O–H groups in total. The minimum atomic E-state index is -0.277. The molecular formula is C12H13FN2O. The van der Waals surface area contributed by atoms with Crippen molar-refractivity contribution in [3.05, 3.63) is 29.9 Å². The molecule has 2 heterocycles. The van der Waals surface area contributed by atoms with Crippen molar-refractivity contribution in [2.75, 3.05) is 13.1 Å². The molecule has 0 saturated carbocycles. The van der Waals surface area contributed by atoms with Gasteiger partial charge in [-0.2, -0.15) is 0 Å². The van der Waals surface area contributed by atoms with Crippen LogP contribution in [0.3, 0.4) is 0 Å². The summed E-state index contributed by atoms with van der Waals surface area (Å²) in [5.74, 6) is 0.847. The van der Waals surface area contributed by atoms with Crippen molar-refractivity contribution in [3.8, 4) is 0 Å². The summed E-state index contributed by atoms with van der Waals surface area (Å²) in [7, 11) is 0. The number of rotatable bonds is 1. The van der Waals surface area contributed by atoms with Crippen molar-refractivity contribution >= 4 is 11.1 Å². The Balaban J connectivity index is 1.97. The fourth-order valence-electron chi connectivity index (χ4n) is 2.16. The van der Waals surface area contributed by atoms with Crippen molar-refractivity contribution < 1.29 is 8.81 Å². The van der Waals surface area contributed by atoms with Crippen molar-refractivity contribution in [2.24, 2.45) is 0 Å². The van der Waals surface area contributed by atoms with Gasteiger partial charge in [0.15, 0.2) is 11.5 Å². The van der Waals surface area contributed by atoms with Gasteiger partial charge in [0.2, 0.25) is 0 Å². The van der Waals surface area contributed by atoms with Gasteiger partial charge in [-0.15, -0.1) is 0 Å². The lowest BCUT2D eigenvalue weighted by atomic mass is 9.98. The van der Waals surface area contributed by atoms with E-state index in [0.717, 1.165) is 37.3 Å². The minimum absolute atomic E-state index is 0.277. The van der Waals surface area contributed by atoms with Gasteiger partial charge in [-0.1, -0.05) is 0 Å². The Hall–Kier alpha value is -1.42. The molecule has 0 bridgehead atoms. The van der Waals surface area contributed by atoms with E-state index in [1.807, 2.05) is 0 Å². The molecule has 0 radical (unpaired) electrons. The van der Waals surface area contributed by atoms with Crippen LogP contribution in [0.25, 0.3) is 11.1 Å². The van der Waals surface area contributed by atoms with Crippen LogP contribution in [0.1, 0.15) is 24.7 Å². The van der Waals surface area contributed by atoms with Gasteiger partial charge in [-0.25, -0.2) is 9.37 Å². The van der Waals surface area contributed by atoms with Gasteiger partial charge in [-0.3, -0.25) is 0 Å². The third-order valence-electron chi connectivity index (χ3n) is 3.06. The fraction of sp³-hybridized carbons (Fsp3) is 0.417. The van der Waals surface area contributed by atoms with Gasteiger partial charge >= 0.3 is 0 Å². The predicted molar refractivity (Wildman–Crippen MR) is 58.8 cm³/mol. The first-order chi connectivity index (χ1) is 7.83. The maximum Gasteiger partial charge on any atom is 0.198 e. The Kier molecular flexibility index (Phi) is 2.36. The summed E-state index contributed by atoms with van der Waals surface area (Å²) < 4.78 is 18.6. The van der Waals surface area contributed by atoms with Gasteiger partial charge in [0.1, 0.15) is 11.3 Å². The van der Waals surface area contributed by atoms with Gasteiger partial charge in [-0.05, 0) is 38.1 Å². The highest BCUT2D eigenvalue weighted by Crippen LogP contribution is 2.27. The Labute approximate surface area is 92.7 Å². The van der Waals surface area contributed by atoms with Crippen LogP contribution in [0, 0.1) is 5.82 Å². The predicted octanol–water partition coefficient (Wildman–Crippen LogP) is 2.43. The number of hydrogen-bond acceptors (Lipinski definition) is 3. The Morgan fingerprint density at radius 2 is 2.12 bits per heavy atom. The molecule has 0 amide bonds. The number of nitrogens with one attached hydrogen (secondary N) is 1. The zero-order valence-corrected chi connectivity index (χ0v) is 8.87. The Morgan fingerprint density at radius 1 is 1.31 bits per heavy atom. The van der Waals surface area contributed by atoms with E-state index >= 15 is 0 Å². The second kappa shape index (κ2) is 3.87. The average molecular weight is 220 g/mol. The molecule has 1 saturated heterocycles. The number of halogens is 1. The summed E-state index contributed by atoms with van der Waals surface area (Å²) in [5, 5.41) is 3.30. The summed E-state index contributed by atoms with van der Waals surface area (Å²) in [6, 6.07) is 4.47. The summed E-state index contributed by atoms with van der Waals surface area (Å²) >= 11 is 0. The number of hydrogen-bond donors (Lipinski definition) is 1. The lowest BCUT2D eigenvalue weighted by molar-refractivity contribution is 0.385. The Morgan fingerprint density at radius 3 is 2.94 bits per heavy atom. The molecule has 2 aromatic rings. The van der Waals surface area contributed by atoms with Crippen molar-refractivity contribution in [2.45, 2.75) is 18.8 Å². The topological polar surface area (TPSA) is 38.1 Å². The van der Waals surface area contributed by atoms with Gasteiger partial charge in [0.05, 0.1) is 0 Å². The van der Waals surface area contributed by atoms with Gasteiger partial charge in [0.25, 0.3) is 0 Å². The lowest BCUT2D eigenvalue weighted by Crippen LogP contribution is -2.26. The summed E-state index contributed by atoms with van der Waals surface area (Å²) in [6.07, 6.45) is 2.07. The molecule has 1 aromatic carbocycles. The van der Waals surface area contributed by atoms with Crippen LogP contribution in [0.4, 0.5) is 4.39 Å². The molecule has 0 atom stereocenters. The van der Waals surface area contributed by atoms with E-state index in [4.69, 9.17) is 4.42 Å². The average Bonchev–Trinajstić information content (AvgIpc) is 2.73. The molecule has 16 heavy (non-hydrogen) atoms. The molecule has 1 aliphatic rings. The normalized spacial score (nSPS) is 18.1. The quantitative estimate of drug-likeness (QED) is 0.802. The van der Waals surface area contributed by atoms with E-state index in [-0.39, 0.29) is 5.82 Å². The number of aromatic nitrogens is 1. The van der Waals surface area contributed by atoms with Gasteiger partial charge in [0, 0.05) is 12.0 Å². The first-order valence-electron chi connectivity index (χ1n) is 5.59. The maximum atomic E-state index is 13.0. The number of oxazole rings is 1. The monoisotopic (exact) mass is 220 g/mol. The fourth-order valence-corrected chi connectivity index (χ4v) is 2.16. The highest BCUT2D eigenvalue weighted by Gasteiger charge is 2.20. The first kappa shape index (κ1) is 9.78. The molecule has 3 nitrogen and oxygen atoms in total. The standard InChI is InChI=1S/C12H13FN2O/c13-9-1-2-10-11(7-9)16-12(15-10)8-3-5-14-6-4-8/h1-2,7-8,14H,3-6H2. The van der Waals surface area contributed by atoms with E-state index in [1.54, 1.807) is 6.07 Å². The number of nitrogens with zero attached hydrogens (tertiary/aromatic N) is 1. The number of piperidine rings is 1. The third kappa shape index (κ3) is 1.69. The first-order valence-corrected chi connectivity index (χ1v) is 5.59. The highest BCUT2D eigenvalue weighted by atomic mass is 19.1. The van der Waals surface area contributed by atoms with Crippen LogP contribution >= 0.6 is 0 Å². The van der Waals surface area contributed by atoms with Crippen LogP contribution in [-0.2, 0) is 0 Å². The second-order valence-corrected chi connectivity index (χ2v) is 4.19. The molecule has 1 aromatic heterocycles. The van der Waals surface area contributed by atoms with Crippen LogP contribution in [0.5, 0.6) is 0 Å². The summed E-state index contributed by atoms with van der Waals surface area (Å²) in [4.78, 5) is 4.42. The molecule has 4 heteroatoms. The third-order valence-corrected chi connectivity index (χ3v) is 3.06. The van der Waals surface area contributed by atoms with E-state index in [0.29, 0.717) is 11.5 Å². The molecule has 84 valence electrons. The Bertz CT molecular complexity index is 503. The zero-order valence-electron chi connectivity index (χ0n) is 8.87. The molecule has 1 aliphatic heterocycles. The molecule has 0 spiro atoms. The number of benzene rings is 1. The number of fused-ring (bicyclic) bond motifs is 1. The van der Waals surface area contributed by atoms with Gasteiger partial charge < -0.3 is 9.73 Å². The van der Waals surface area contributed by atoms with Crippen molar-refractivity contribution in [1.29, 1.82) is 0 Å². The van der Waals surface area contributed by atoms with Crippen LogP contribution < -0.4 is 5.32 Å². The van der Waals surface area contributed by atoms with E-state index in [1.165, 1.54) is 12.1 Å². The smallest absolute Gasteiger partial charge is 0.198 e. The zero-order chi connectivity index (χ0) is 11.0. The largest absolute Gasteiger partial charge is 0.440 e. The summed E-state index contributed by atoms with van der Waals surface area (Å²) in [6.45, 7) is 2.00. The molecule has 1 fully saturated rings. The van der Waals surface area contributed by atoms with Crippen LogP contribution in [-0.4, -0.2) is 18.1 Å². The van der Waals surface area contributed by atoms with E-state index in [2.05, 4.69) is 10.3 Å².